The van der Waals surface area contributed by atoms with Crippen LogP contribution in [0.15, 0.2) is 42.5 Å². The molecule has 0 heterocycles. The third-order valence-corrected chi connectivity index (χ3v) is 3.04. The number of esters is 1. The molecule has 0 unspecified atom stereocenters. The fraction of sp³-hybridized carbons (Fsp3) is 0.188. The van der Waals surface area contributed by atoms with Gasteiger partial charge in [-0.05, 0) is 30.7 Å². The standard InChI is InChI=1S/C16H16N2O5/c1-11-3-2-4-13(9-11)22-7-8-23-16(19)14-10-12(18(20)21)5-6-15(14)17/h2-6,9-10H,7-8,17H2,1H3. The van der Waals surface area contributed by atoms with Gasteiger partial charge in [-0.3, -0.25) is 10.1 Å². The molecule has 0 atom stereocenters. The van der Waals surface area contributed by atoms with Crippen LogP contribution in [-0.4, -0.2) is 24.1 Å². The Morgan fingerprint density at radius 1 is 1.22 bits per heavy atom. The third kappa shape index (κ3) is 4.44. The van der Waals surface area contributed by atoms with Crippen LogP contribution in [-0.2, 0) is 4.74 Å². The number of ether oxygens (including phenoxy) is 2. The lowest BCUT2D eigenvalue weighted by atomic mass is 10.1. The summed E-state index contributed by atoms with van der Waals surface area (Å²) in [7, 11) is 0. The van der Waals surface area contributed by atoms with Crippen LogP contribution in [0.25, 0.3) is 0 Å². The van der Waals surface area contributed by atoms with E-state index in [1.165, 1.54) is 12.1 Å². The van der Waals surface area contributed by atoms with Crippen molar-refractivity contribution in [2.24, 2.45) is 0 Å². The smallest absolute Gasteiger partial charge is 0.340 e. The SMILES string of the molecule is Cc1cccc(OCCOC(=O)c2cc([N+](=O)[O-])ccc2N)c1. The van der Waals surface area contributed by atoms with Crippen LogP contribution in [0.3, 0.4) is 0 Å². The fourth-order valence-electron chi connectivity index (χ4n) is 1.91. The number of non-ortho nitro benzene ring substituents is 1. The van der Waals surface area contributed by atoms with Gasteiger partial charge in [0, 0.05) is 17.8 Å². The Kier molecular flexibility index (Phi) is 5.14. The lowest BCUT2D eigenvalue weighted by molar-refractivity contribution is -0.384. The van der Waals surface area contributed by atoms with Gasteiger partial charge in [-0.25, -0.2) is 4.79 Å². The van der Waals surface area contributed by atoms with Gasteiger partial charge in [0.05, 0.1) is 10.5 Å². The molecule has 2 aromatic rings. The van der Waals surface area contributed by atoms with E-state index in [1.54, 1.807) is 6.07 Å². The molecular formula is C16H16N2O5. The quantitative estimate of drug-likeness (QED) is 0.289. The molecule has 0 saturated heterocycles. The van der Waals surface area contributed by atoms with E-state index in [1.807, 2.05) is 25.1 Å². The number of nitrogens with zero attached hydrogens (tertiary/aromatic N) is 1. The van der Waals surface area contributed by atoms with E-state index in [0.717, 1.165) is 11.6 Å². The number of nitro groups is 1. The highest BCUT2D eigenvalue weighted by Crippen LogP contribution is 2.20. The van der Waals surface area contributed by atoms with Crippen LogP contribution in [0, 0.1) is 17.0 Å². The summed E-state index contributed by atoms with van der Waals surface area (Å²) in [5.74, 6) is -0.0463. The molecule has 0 aliphatic carbocycles. The maximum Gasteiger partial charge on any atom is 0.340 e. The lowest BCUT2D eigenvalue weighted by Crippen LogP contribution is -2.14. The van der Waals surface area contributed by atoms with Gasteiger partial charge >= 0.3 is 5.97 Å². The number of hydrogen-bond acceptors (Lipinski definition) is 6. The summed E-state index contributed by atoms with van der Waals surface area (Å²) in [6.07, 6.45) is 0. The normalized spacial score (nSPS) is 10.1. The Hall–Kier alpha value is -3.09. The molecule has 0 fully saturated rings. The zero-order valence-electron chi connectivity index (χ0n) is 12.5. The van der Waals surface area contributed by atoms with Gasteiger partial charge < -0.3 is 15.2 Å². The van der Waals surface area contributed by atoms with Crippen LogP contribution in [0.4, 0.5) is 11.4 Å². The number of nitro benzene ring substituents is 1. The topological polar surface area (TPSA) is 105 Å². The minimum absolute atomic E-state index is 0.00884. The van der Waals surface area contributed by atoms with Crippen LogP contribution in [0.1, 0.15) is 15.9 Å². The first-order valence-corrected chi connectivity index (χ1v) is 6.88. The predicted molar refractivity (Wildman–Crippen MR) is 84.5 cm³/mol. The molecule has 7 nitrogen and oxygen atoms in total. The number of nitrogens with two attached hydrogens (primary N) is 1. The van der Waals surface area contributed by atoms with Crippen molar-refractivity contribution in [3.05, 3.63) is 63.7 Å². The Balaban J connectivity index is 1.90. The van der Waals surface area contributed by atoms with E-state index in [-0.39, 0.29) is 30.2 Å². The zero-order chi connectivity index (χ0) is 16.8. The number of carbonyl (C=O) groups excluding carboxylic acids is 1. The third-order valence-electron chi connectivity index (χ3n) is 3.04. The van der Waals surface area contributed by atoms with Gasteiger partial charge in [-0.1, -0.05) is 12.1 Å². The Bertz CT molecular complexity index is 730. The second-order valence-electron chi connectivity index (χ2n) is 4.83. The summed E-state index contributed by atoms with van der Waals surface area (Å²) in [6, 6.07) is 11.1. The summed E-state index contributed by atoms with van der Waals surface area (Å²) in [6.45, 7) is 2.12. The van der Waals surface area contributed by atoms with Gasteiger partial charge in [0.2, 0.25) is 0 Å². The molecule has 0 saturated carbocycles. The van der Waals surface area contributed by atoms with Crippen molar-refractivity contribution < 1.29 is 19.2 Å². The van der Waals surface area contributed by atoms with Crippen molar-refractivity contribution in [2.75, 3.05) is 18.9 Å². The molecule has 0 amide bonds. The molecule has 0 spiro atoms. The Labute approximate surface area is 132 Å². The zero-order valence-corrected chi connectivity index (χ0v) is 12.5. The average Bonchev–Trinajstić information content (AvgIpc) is 2.51. The van der Waals surface area contributed by atoms with E-state index in [0.29, 0.717) is 5.75 Å². The van der Waals surface area contributed by atoms with E-state index >= 15 is 0 Å². The molecule has 0 aromatic heterocycles. The molecule has 2 aromatic carbocycles. The van der Waals surface area contributed by atoms with E-state index < -0.39 is 10.9 Å². The average molecular weight is 316 g/mol. The largest absolute Gasteiger partial charge is 0.490 e. The molecular weight excluding hydrogens is 300 g/mol. The number of carbonyl (C=O) groups is 1. The van der Waals surface area contributed by atoms with Crippen LogP contribution < -0.4 is 10.5 Å². The maximum atomic E-state index is 11.9. The number of rotatable bonds is 6. The van der Waals surface area contributed by atoms with Crippen molar-refractivity contribution >= 4 is 17.3 Å². The van der Waals surface area contributed by atoms with E-state index in [4.69, 9.17) is 15.2 Å². The number of anilines is 1. The van der Waals surface area contributed by atoms with Crippen molar-refractivity contribution in [3.8, 4) is 5.75 Å². The number of nitrogen functional groups attached to an aromatic ring is 1. The molecule has 0 bridgehead atoms. The number of hydrogen-bond donors (Lipinski definition) is 1. The number of benzene rings is 2. The van der Waals surface area contributed by atoms with Gasteiger partial charge in [0.15, 0.2) is 0 Å². The molecule has 2 N–H and O–H groups in total. The van der Waals surface area contributed by atoms with Crippen molar-refractivity contribution in [2.45, 2.75) is 6.92 Å². The summed E-state index contributed by atoms with van der Waals surface area (Å²) < 4.78 is 10.5. The van der Waals surface area contributed by atoms with Crippen LogP contribution in [0.5, 0.6) is 5.75 Å². The fourth-order valence-corrected chi connectivity index (χ4v) is 1.91. The summed E-state index contributed by atoms with van der Waals surface area (Å²) in [4.78, 5) is 22.0. The Morgan fingerprint density at radius 2 is 2.00 bits per heavy atom. The molecule has 0 radical (unpaired) electrons. The molecule has 120 valence electrons. The molecule has 0 aliphatic rings. The van der Waals surface area contributed by atoms with Crippen molar-refractivity contribution in [3.63, 3.8) is 0 Å². The number of aryl methyl sites for hydroxylation is 1. The van der Waals surface area contributed by atoms with E-state index in [9.17, 15) is 14.9 Å². The monoisotopic (exact) mass is 316 g/mol. The Morgan fingerprint density at radius 3 is 2.70 bits per heavy atom. The second-order valence-corrected chi connectivity index (χ2v) is 4.83. The van der Waals surface area contributed by atoms with Gasteiger partial charge in [-0.2, -0.15) is 0 Å². The van der Waals surface area contributed by atoms with Crippen molar-refractivity contribution in [1.82, 2.24) is 0 Å². The first-order valence-electron chi connectivity index (χ1n) is 6.88. The highest BCUT2D eigenvalue weighted by atomic mass is 16.6. The van der Waals surface area contributed by atoms with Gasteiger partial charge in [0.1, 0.15) is 19.0 Å². The van der Waals surface area contributed by atoms with Gasteiger partial charge in [0.25, 0.3) is 5.69 Å². The molecule has 0 aliphatic heterocycles. The molecule has 2 rings (SSSR count). The van der Waals surface area contributed by atoms with Gasteiger partial charge in [-0.15, -0.1) is 0 Å². The minimum atomic E-state index is -0.723. The van der Waals surface area contributed by atoms with E-state index in [2.05, 4.69) is 0 Å². The summed E-state index contributed by atoms with van der Waals surface area (Å²) in [5, 5.41) is 10.7. The maximum absolute atomic E-state index is 11.9. The highest BCUT2D eigenvalue weighted by Gasteiger charge is 2.16. The molecule has 7 heteroatoms. The predicted octanol–water partition coefficient (Wildman–Crippen LogP) is 2.72. The summed E-state index contributed by atoms with van der Waals surface area (Å²) in [5.41, 5.74) is 6.58. The highest BCUT2D eigenvalue weighted by molar-refractivity contribution is 5.95. The first-order chi connectivity index (χ1) is 11.0. The lowest BCUT2D eigenvalue weighted by Gasteiger charge is -2.09. The second kappa shape index (κ2) is 7.26. The summed E-state index contributed by atoms with van der Waals surface area (Å²) >= 11 is 0. The van der Waals surface area contributed by atoms with Crippen LogP contribution >= 0.6 is 0 Å². The first kappa shape index (κ1) is 16.3. The van der Waals surface area contributed by atoms with Crippen LogP contribution in [0.2, 0.25) is 0 Å². The van der Waals surface area contributed by atoms with Crippen molar-refractivity contribution in [1.29, 1.82) is 0 Å². The molecule has 23 heavy (non-hydrogen) atoms. The minimum Gasteiger partial charge on any atom is -0.490 e.